The van der Waals surface area contributed by atoms with Gasteiger partial charge in [0.1, 0.15) is 5.69 Å². The van der Waals surface area contributed by atoms with Gasteiger partial charge in [-0.25, -0.2) is 9.00 Å². The lowest BCUT2D eigenvalue weighted by atomic mass is 10.2. The predicted molar refractivity (Wildman–Crippen MR) is 81.4 cm³/mol. The first kappa shape index (κ1) is 13.9. The molecule has 4 nitrogen and oxygen atoms in total. The molecule has 0 aliphatic rings. The van der Waals surface area contributed by atoms with Crippen LogP contribution in [0.15, 0.2) is 58.3 Å². The number of nitrogens with one attached hydrogen (secondary N) is 1. The van der Waals surface area contributed by atoms with Crippen LogP contribution in [0.2, 0.25) is 5.02 Å². The Bertz CT molecular complexity index is 858. The number of fused-ring (bicyclic) bond motifs is 1. The molecule has 0 aliphatic heterocycles. The van der Waals surface area contributed by atoms with Crippen LogP contribution in [0.1, 0.15) is 10.5 Å². The van der Waals surface area contributed by atoms with E-state index in [4.69, 9.17) is 11.6 Å². The smallest absolute Gasteiger partial charge is 0.353 e. The monoisotopic (exact) mass is 319 g/mol. The maximum absolute atomic E-state index is 12.7. The van der Waals surface area contributed by atoms with Gasteiger partial charge in [0.2, 0.25) is 0 Å². The first-order valence-electron chi connectivity index (χ1n) is 6.09. The molecule has 0 aliphatic carbocycles. The summed E-state index contributed by atoms with van der Waals surface area (Å²) >= 11 is 5.97. The number of carbonyl (C=O) groups is 1. The number of rotatable bonds is 3. The van der Waals surface area contributed by atoms with Crippen molar-refractivity contribution < 1.29 is 14.1 Å². The van der Waals surface area contributed by atoms with E-state index in [1.807, 2.05) is 6.07 Å². The number of carboxylic acid groups (broad SMARTS) is 1. The molecule has 106 valence electrons. The number of hydrogen-bond donors (Lipinski definition) is 2. The van der Waals surface area contributed by atoms with Crippen LogP contribution in [-0.4, -0.2) is 20.3 Å². The van der Waals surface area contributed by atoms with Gasteiger partial charge in [0, 0.05) is 20.8 Å². The predicted octanol–water partition coefficient (Wildman–Crippen LogP) is 3.69. The second kappa shape index (κ2) is 5.35. The van der Waals surface area contributed by atoms with Crippen LogP contribution in [0.25, 0.3) is 10.9 Å². The molecule has 3 aromatic rings. The first-order valence-corrected chi connectivity index (χ1v) is 7.62. The zero-order valence-corrected chi connectivity index (χ0v) is 12.2. The van der Waals surface area contributed by atoms with Crippen LogP contribution in [-0.2, 0) is 10.8 Å². The van der Waals surface area contributed by atoms with Crippen molar-refractivity contribution >= 4 is 39.3 Å². The van der Waals surface area contributed by atoms with E-state index in [0.717, 1.165) is 0 Å². The fourth-order valence-electron chi connectivity index (χ4n) is 2.14. The average molecular weight is 320 g/mol. The van der Waals surface area contributed by atoms with Gasteiger partial charge in [-0.1, -0.05) is 29.8 Å². The summed E-state index contributed by atoms with van der Waals surface area (Å²) in [4.78, 5) is 15.0. The third kappa shape index (κ3) is 2.46. The van der Waals surface area contributed by atoms with E-state index in [2.05, 4.69) is 4.98 Å². The molecule has 0 bridgehead atoms. The number of aromatic nitrogens is 1. The van der Waals surface area contributed by atoms with Crippen molar-refractivity contribution in [2.75, 3.05) is 0 Å². The fraction of sp³-hybridized carbons (Fsp3) is 0. The molecular weight excluding hydrogens is 310 g/mol. The Morgan fingerprint density at radius 1 is 1.14 bits per heavy atom. The van der Waals surface area contributed by atoms with E-state index >= 15 is 0 Å². The van der Waals surface area contributed by atoms with E-state index < -0.39 is 16.8 Å². The van der Waals surface area contributed by atoms with Crippen molar-refractivity contribution in [2.45, 2.75) is 9.79 Å². The van der Waals surface area contributed by atoms with E-state index in [-0.39, 0.29) is 10.6 Å². The minimum Gasteiger partial charge on any atom is -0.477 e. The highest BCUT2D eigenvalue weighted by Gasteiger charge is 2.23. The van der Waals surface area contributed by atoms with Gasteiger partial charge in [-0.15, -0.1) is 0 Å². The number of carboxylic acids is 1. The summed E-state index contributed by atoms with van der Waals surface area (Å²) in [5.41, 5.74) is 0.519. The summed E-state index contributed by atoms with van der Waals surface area (Å²) in [6.07, 6.45) is 0. The lowest BCUT2D eigenvalue weighted by Gasteiger charge is -2.03. The number of halogens is 1. The Morgan fingerprint density at radius 3 is 2.52 bits per heavy atom. The molecule has 2 aromatic carbocycles. The van der Waals surface area contributed by atoms with E-state index in [1.165, 1.54) is 0 Å². The van der Waals surface area contributed by atoms with Gasteiger partial charge in [-0.2, -0.15) is 0 Å². The van der Waals surface area contributed by atoms with E-state index in [0.29, 0.717) is 20.8 Å². The molecule has 0 spiro atoms. The van der Waals surface area contributed by atoms with Gasteiger partial charge in [0.05, 0.1) is 15.7 Å². The Kier molecular flexibility index (Phi) is 3.53. The third-order valence-corrected chi connectivity index (χ3v) is 4.80. The van der Waals surface area contributed by atoms with Gasteiger partial charge >= 0.3 is 5.97 Å². The Balaban J connectivity index is 2.29. The molecule has 3 rings (SSSR count). The summed E-state index contributed by atoms with van der Waals surface area (Å²) < 4.78 is 12.7. The van der Waals surface area contributed by atoms with Crippen LogP contribution in [0.3, 0.4) is 0 Å². The topological polar surface area (TPSA) is 70.2 Å². The van der Waals surface area contributed by atoms with Crippen molar-refractivity contribution in [3.63, 3.8) is 0 Å². The van der Waals surface area contributed by atoms with Gasteiger partial charge in [-0.05, 0) is 30.3 Å². The lowest BCUT2D eigenvalue weighted by Crippen LogP contribution is -2.03. The zero-order chi connectivity index (χ0) is 15.0. The highest BCUT2D eigenvalue weighted by molar-refractivity contribution is 7.85. The van der Waals surface area contributed by atoms with Gasteiger partial charge in [0.15, 0.2) is 0 Å². The maximum atomic E-state index is 12.7. The maximum Gasteiger partial charge on any atom is 0.353 e. The second-order valence-corrected chi connectivity index (χ2v) is 6.26. The molecule has 1 unspecified atom stereocenters. The average Bonchev–Trinajstić information content (AvgIpc) is 2.86. The molecule has 1 atom stereocenters. The summed E-state index contributed by atoms with van der Waals surface area (Å²) in [5.74, 6) is -1.15. The Morgan fingerprint density at radius 2 is 1.86 bits per heavy atom. The van der Waals surface area contributed by atoms with Gasteiger partial charge in [-0.3, -0.25) is 0 Å². The van der Waals surface area contributed by atoms with Crippen molar-refractivity contribution in [3.8, 4) is 0 Å². The van der Waals surface area contributed by atoms with Crippen molar-refractivity contribution in [1.82, 2.24) is 4.98 Å². The fourth-order valence-corrected chi connectivity index (χ4v) is 3.65. The van der Waals surface area contributed by atoms with Crippen LogP contribution < -0.4 is 0 Å². The molecule has 0 saturated heterocycles. The summed E-state index contributed by atoms with van der Waals surface area (Å²) in [5, 5.41) is 10.4. The molecule has 1 heterocycles. The van der Waals surface area contributed by atoms with Gasteiger partial charge in [0.25, 0.3) is 0 Å². The second-order valence-electron chi connectivity index (χ2n) is 4.41. The molecule has 2 N–H and O–H groups in total. The summed E-state index contributed by atoms with van der Waals surface area (Å²) in [6, 6.07) is 13.7. The molecule has 0 fully saturated rings. The molecule has 0 radical (unpaired) electrons. The summed E-state index contributed by atoms with van der Waals surface area (Å²) in [6.45, 7) is 0. The molecule has 0 saturated carbocycles. The van der Waals surface area contributed by atoms with Crippen LogP contribution >= 0.6 is 11.6 Å². The lowest BCUT2D eigenvalue weighted by molar-refractivity contribution is 0.0687. The quantitative estimate of drug-likeness (QED) is 0.773. The minimum atomic E-state index is -1.60. The van der Waals surface area contributed by atoms with Crippen molar-refractivity contribution in [1.29, 1.82) is 0 Å². The number of benzene rings is 2. The SMILES string of the molecule is O=C(O)c1[nH]c2ccc(Cl)cc2c1S(=O)c1ccccc1. The molecule has 1 aromatic heterocycles. The largest absolute Gasteiger partial charge is 0.477 e. The van der Waals surface area contributed by atoms with E-state index in [1.54, 1.807) is 42.5 Å². The number of aromatic carboxylic acids is 1. The normalized spacial score (nSPS) is 12.4. The molecular formula is C15H10ClNO3S. The molecule has 6 heteroatoms. The van der Waals surface area contributed by atoms with Crippen molar-refractivity contribution in [3.05, 3.63) is 59.2 Å². The Labute approximate surface area is 127 Å². The highest BCUT2D eigenvalue weighted by Crippen LogP contribution is 2.31. The minimum absolute atomic E-state index is 0.0746. The number of hydrogen-bond acceptors (Lipinski definition) is 2. The standard InChI is InChI=1S/C15H10ClNO3S/c16-9-6-7-12-11(8-9)14(13(17-12)15(18)19)21(20)10-4-2-1-3-5-10/h1-8,17H,(H,18,19). The number of H-pyrrole nitrogens is 1. The van der Waals surface area contributed by atoms with Crippen LogP contribution in [0, 0.1) is 0 Å². The van der Waals surface area contributed by atoms with E-state index in [9.17, 15) is 14.1 Å². The summed E-state index contributed by atoms with van der Waals surface area (Å²) in [7, 11) is -1.60. The molecule has 21 heavy (non-hydrogen) atoms. The first-order chi connectivity index (χ1) is 10.1. The van der Waals surface area contributed by atoms with Crippen molar-refractivity contribution in [2.24, 2.45) is 0 Å². The highest BCUT2D eigenvalue weighted by atomic mass is 35.5. The third-order valence-electron chi connectivity index (χ3n) is 3.07. The van der Waals surface area contributed by atoms with Crippen LogP contribution in [0.5, 0.6) is 0 Å². The number of aromatic amines is 1. The Hall–Kier alpha value is -2.11. The van der Waals surface area contributed by atoms with Gasteiger partial charge < -0.3 is 10.1 Å². The zero-order valence-electron chi connectivity index (χ0n) is 10.7. The van der Waals surface area contributed by atoms with Crippen LogP contribution in [0.4, 0.5) is 0 Å². The molecule has 0 amide bonds.